The van der Waals surface area contributed by atoms with Crippen LogP contribution in [-0.2, 0) is 13.0 Å². The fourth-order valence-corrected chi connectivity index (χ4v) is 4.21. The van der Waals surface area contributed by atoms with Crippen LogP contribution in [0.25, 0.3) is 0 Å². The highest BCUT2D eigenvalue weighted by Gasteiger charge is 2.21. The molecule has 1 aliphatic rings. The van der Waals surface area contributed by atoms with E-state index in [0.717, 1.165) is 43.2 Å². The molecule has 28 heavy (non-hydrogen) atoms. The lowest BCUT2D eigenvalue weighted by atomic mass is 9.97. The van der Waals surface area contributed by atoms with Gasteiger partial charge in [0.1, 0.15) is 0 Å². The van der Waals surface area contributed by atoms with Gasteiger partial charge in [0.15, 0.2) is 11.5 Å². The van der Waals surface area contributed by atoms with E-state index in [4.69, 9.17) is 16.3 Å². The second kappa shape index (κ2) is 10.1. The van der Waals surface area contributed by atoms with Gasteiger partial charge in [-0.2, -0.15) is 0 Å². The van der Waals surface area contributed by atoms with Gasteiger partial charge in [0.2, 0.25) is 0 Å². The lowest BCUT2D eigenvalue weighted by molar-refractivity contribution is 0.142. The maximum Gasteiger partial charge on any atom is 0.160 e. The van der Waals surface area contributed by atoms with Gasteiger partial charge in [0.05, 0.1) is 7.11 Å². The van der Waals surface area contributed by atoms with Gasteiger partial charge in [0.25, 0.3) is 0 Å². The number of phenolic OH excluding ortho intramolecular Hbond substituents is 1. The Morgan fingerprint density at radius 1 is 1.18 bits per heavy atom. The molecule has 2 aromatic carbocycles. The van der Waals surface area contributed by atoms with Crippen molar-refractivity contribution in [3.63, 3.8) is 0 Å². The zero-order valence-electron chi connectivity index (χ0n) is 16.9. The van der Waals surface area contributed by atoms with Crippen LogP contribution in [0.1, 0.15) is 24.0 Å². The first-order chi connectivity index (χ1) is 13.5. The van der Waals surface area contributed by atoms with E-state index in [9.17, 15) is 5.11 Å². The Balaban J connectivity index is 1.46. The smallest absolute Gasteiger partial charge is 0.160 e. The lowest BCUT2D eigenvalue weighted by Gasteiger charge is -2.34. The first-order valence-corrected chi connectivity index (χ1v) is 10.4. The molecule has 0 aromatic heterocycles. The summed E-state index contributed by atoms with van der Waals surface area (Å²) in [5, 5.41) is 10.6. The molecule has 152 valence electrons. The number of hydrogen-bond donors (Lipinski definition) is 1. The van der Waals surface area contributed by atoms with E-state index in [1.54, 1.807) is 13.2 Å². The highest BCUT2D eigenvalue weighted by molar-refractivity contribution is 6.30. The number of halogens is 1. The minimum absolute atomic E-state index is 0.192. The molecular formula is C23H31ClN2O2. The number of ether oxygens (including phenoxy) is 1. The summed E-state index contributed by atoms with van der Waals surface area (Å²) in [6.07, 6.45) is 3.64. The largest absolute Gasteiger partial charge is 0.504 e. The number of rotatable bonds is 8. The summed E-state index contributed by atoms with van der Waals surface area (Å²) < 4.78 is 5.22. The number of nitrogens with zero attached hydrogens (tertiary/aromatic N) is 2. The van der Waals surface area contributed by atoms with E-state index in [-0.39, 0.29) is 5.75 Å². The van der Waals surface area contributed by atoms with E-state index in [2.05, 4.69) is 29.0 Å². The average molecular weight is 403 g/mol. The number of hydrogen-bond acceptors (Lipinski definition) is 4. The van der Waals surface area contributed by atoms with E-state index in [0.29, 0.717) is 11.7 Å². The topological polar surface area (TPSA) is 35.9 Å². The van der Waals surface area contributed by atoms with Crippen LogP contribution in [0.5, 0.6) is 11.5 Å². The third kappa shape index (κ3) is 6.13. The SMILES string of the molecule is COc1cc(CN(C)CC2CCCN(CCc3ccc(Cl)cc3)C2)ccc1O. The van der Waals surface area contributed by atoms with Gasteiger partial charge < -0.3 is 19.6 Å². The molecule has 0 amide bonds. The Kier molecular flexibility index (Phi) is 7.60. The maximum atomic E-state index is 9.76. The van der Waals surface area contributed by atoms with E-state index < -0.39 is 0 Å². The minimum Gasteiger partial charge on any atom is -0.504 e. The summed E-state index contributed by atoms with van der Waals surface area (Å²) in [4.78, 5) is 4.97. The molecule has 5 heteroatoms. The standard InChI is InChI=1S/C23H31ClN2O2/c1-25(15-19-7-10-22(27)23(14-19)28-2)16-20-4-3-12-26(17-20)13-11-18-5-8-21(24)9-6-18/h5-10,14,20,27H,3-4,11-13,15-17H2,1-2H3. The van der Waals surface area contributed by atoms with Crippen LogP contribution < -0.4 is 4.74 Å². The second-order valence-corrected chi connectivity index (χ2v) is 8.32. The molecule has 0 spiro atoms. The van der Waals surface area contributed by atoms with E-state index in [1.165, 1.54) is 24.9 Å². The first-order valence-electron chi connectivity index (χ1n) is 10.0. The van der Waals surface area contributed by atoms with Crippen molar-refractivity contribution in [1.29, 1.82) is 0 Å². The Bertz CT molecular complexity index is 751. The predicted octanol–water partition coefficient (Wildman–Crippen LogP) is 4.44. The Morgan fingerprint density at radius 3 is 2.68 bits per heavy atom. The molecule has 3 rings (SSSR count). The van der Waals surface area contributed by atoms with Crippen LogP contribution in [0.2, 0.25) is 5.02 Å². The van der Waals surface area contributed by atoms with Gasteiger partial charge in [-0.1, -0.05) is 29.8 Å². The predicted molar refractivity (Wildman–Crippen MR) is 115 cm³/mol. The van der Waals surface area contributed by atoms with Gasteiger partial charge in [-0.25, -0.2) is 0 Å². The zero-order valence-corrected chi connectivity index (χ0v) is 17.7. The van der Waals surface area contributed by atoms with Gasteiger partial charge in [0, 0.05) is 31.2 Å². The molecule has 1 fully saturated rings. The molecule has 0 bridgehead atoms. The minimum atomic E-state index is 0.192. The molecule has 0 radical (unpaired) electrons. The highest BCUT2D eigenvalue weighted by Crippen LogP contribution is 2.27. The average Bonchev–Trinajstić information content (AvgIpc) is 2.69. The van der Waals surface area contributed by atoms with E-state index in [1.807, 2.05) is 24.3 Å². The zero-order chi connectivity index (χ0) is 19.9. The first kappa shape index (κ1) is 21.0. The number of piperidine rings is 1. The molecule has 1 unspecified atom stereocenters. The van der Waals surface area contributed by atoms with Crippen molar-refractivity contribution in [1.82, 2.24) is 9.80 Å². The lowest BCUT2D eigenvalue weighted by Crippen LogP contribution is -2.40. The van der Waals surface area contributed by atoms with Crippen LogP contribution in [-0.4, -0.2) is 55.2 Å². The molecule has 1 saturated heterocycles. The summed E-state index contributed by atoms with van der Waals surface area (Å²) in [6.45, 7) is 5.41. The number of methoxy groups -OCH3 is 1. The molecule has 2 aromatic rings. The number of aromatic hydroxyl groups is 1. The van der Waals surface area contributed by atoms with Crippen molar-refractivity contribution >= 4 is 11.6 Å². The van der Waals surface area contributed by atoms with Crippen LogP contribution in [0.3, 0.4) is 0 Å². The molecular weight excluding hydrogens is 372 g/mol. The Morgan fingerprint density at radius 2 is 1.93 bits per heavy atom. The molecule has 1 atom stereocenters. The van der Waals surface area contributed by atoms with Crippen molar-refractivity contribution in [3.8, 4) is 11.5 Å². The third-order valence-electron chi connectivity index (χ3n) is 5.50. The van der Waals surface area contributed by atoms with Crippen molar-refractivity contribution in [2.45, 2.75) is 25.8 Å². The van der Waals surface area contributed by atoms with Gasteiger partial charge >= 0.3 is 0 Å². The van der Waals surface area contributed by atoms with Gasteiger partial charge in [-0.15, -0.1) is 0 Å². The quantitative estimate of drug-likeness (QED) is 0.708. The van der Waals surface area contributed by atoms with Gasteiger partial charge in [-0.05, 0) is 74.2 Å². The van der Waals surface area contributed by atoms with Crippen LogP contribution in [0.4, 0.5) is 0 Å². The summed E-state index contributed by atoms with van der Waals surface area (Å²) in [6, 6.07) is 13.8. The Hall–Kier alpha value is -1.75. The molecule has 1 aliphatic heterocycles. The summed E-state index contributed by atoms with van der Waals surface area (Å²) >= 11 is 5.98. The number of phenols is 1. The molecule has 0 saturated carbocycles. The molecule has 4 nitrogen and oxygen atoms in total. The second-order valence-electron chi connectivity index (χ2n) is 7.89. The normalized spacial score (nSPS) is 17.8. The number of benzene rings is 2. The van der Waals surface area contributed by atoms with E-state index >= 15 is 0 Å². The molecule has 1 heterocycles. The van der Waals surface area contributed by atoms with Gasteiger partial charge in [-0.3, -0.25) is 0 Å². The third-order valence-corrected chi connectivity index (χ3v) is 5.75. The van der Waals surface area contributed by atoms with Crippen molar-refractivity contribution < 1.29 is 9.84 Å². The highest BCUT2D eigenvalue weighted by atomic mass is 35.5. The fraction of sp³-hybridized carbons (Fsp3) is 0.478. The van der Waals surface area contributed by atoms with Crippen LogP contribution >= 0.6 is 11.6 Å². The summed E-state index contributed by atoms with van der Waals surface area (Å²) in [5.41, 5.74) is 2.51. The Labute approximate surface area is 173 Å². The number of likely N-dealkylation sites (tertiary alicyclic amines) is 1. The maximum absolute atomic E-state index is 9.76. The molecule has 0 aliphatic carbocycles. The van der Waals surface area contributed by atoms with Crippen molar-refractivity contribution in [3.05, 3.63) is 58.6 Å². The molecule has 1 N–H and O–H groups in total. The summed E-state index contributed by atoms with van der Waals surface area (Å²) in [7, 11) is 3.76. The van der Waals surface area contributed by atoms with Crippen molar-refractivity contribution in [2.24, 2.45) is 5.92 Å². The monoisotopic (exact) mass is 402 g/mol. The van der Waals surface area contributed by atoms with Crippen LogP contribution in [0.15, 0.2) is 42.5 Å². The van der Waals surface area contributed by atoms with Crippen LogP contribution in [0, 0.1) is 5.92 Å². The fourth-order valence-electron chi connectivity index (χ4n) is 4.08. The summed E-state index contributed by atoms with van der Waals surface area (Å²) in [5.74, 6) is 1.43. The van der Waals surface area contributed by atoms with Crippen molar-refractivity contribution in [2.75, 3.05) is 40.3 Å².